The molecule has 1 N–H and O–H groups in total. The number of hydrogen-bond donors (Lipinski definition) is 1. The van der Waals surface area contributed by atoms with Gasteiger partial charge in [0.05, 0.1) is 18.6 Å². The first kappa shape index (κ1) is 25.9. The van der Waals surface area contributed by atoms with Gasteiger partial charge in [-0.15, -0.1) is 6.42 Å². The van der Waals surface area contributed by atoms with E-state index in [0.717, 1.165) is 28.0 Å². The Labute approximate surface area is 196 Å². The summed E-state index contributed by atoms with van der Waals surface area (Å²) < 4.78 is 14.4. The Kier molecular flexibility index (Phi) is 9.77. The monoisotopic (exact) mass is 454 g/mol. The fourth-order valence-corrected chi connectivity index (χ4v) is 4.35. The van der Waals surface area contributed by atoms with E-state index in [0.29, 0.717) is 12.5 Å². The number of rotatable bonds is 11. The number of carbonyl (C=O) groups is 1. The van der Waals surface area contributed by atoms with E-state index in [1.54, 1.807) is 11.9 Å². The number of nitrogens with one attached hydrogen (secondary N) is 1. The van der Waals surface area contributed by atoms with E-state index in [-0.39, 0.29) is 12.6 Å². The molecule has 1 heterocycles. The molecule has 1 atom stereocenters. The molecule has 2 aromatic rings. The van der Waals surface area contributed by atoms with Gasteiger partial charge in [0, 0.05) is 23.8 Å². The summed E-state index contributed by atoms with van der Waals surface area (Å²) in [7, 11) is 1.38. The number of pyridine rings is 1. The minimum Gasteiger partial charge on any atom is -0.469 e. The molecule has 0 bridgehead atoms. The fourth-order valence-electron chi connectivity index (χ4n) is 3.57. The van der Waals surface area contributed by atoms with Gasteiger partial charge in [-0.3, -0.25) is 14.5 Å². The van der Waals surface area contributed by atoms with E-state index in [1.165, 1.54) is 12.7 Å². The maximum absolute atomic E-state index is 12.4. The summed E-state index contributed by atoms with van der Waals surface area (Å²) in [4.78, 5) is 17.8. The quantitative estimate of drug-likeness (QED) is 0.283. The highest BCUT2D eigenvalue weighted by molar-refractivity contribution is 7.97. The standard InChI is InChI=1S/C26H34N2O3S/c1-8-13-31-24(26(5,6)25(29)30-7)21-10-9-19(4)22(15-21)16-28-32-23-17-27-12-11-20(23)14-18(2)3/h1,9-12,15,17-18,24,28H,13-14,16H2,2-7H3/t24-/m0/s1. The maximum Gasteiger partial charge on any atom is 0.314 e. The summed E-state index contributed by atoms with van der Waals surface area (Å²) in [6.07, 6.45) is 9.65. The summed E-state index contributed by atoms with van der Waals surface area (Å²) in [5.74, 6) is 2.73. The Morgan fingerprint density at radius 2 is 2.03 bits per heavy atom. The molecule has 5 nitrogen and oxygen atoms in total. The fraction of sp³-hybridized carbons (Fsp3) is 0.462. The van der Waals surface area contributed by atoms with Crippen LogP contribution < -0.4 is 4.72 Å². The number of hydrogen-bond acceptors (Lipinski definition) is 6. The van der Waals surface area contributed by atoms with Crippen molar-refractivity contribution in [2.45, 2.75) is 58.6 Å². The lowest BCUT2D eigenvalue weighted by molar-refractivity contribution is -0.160. The third kappa shape index (κ3) is 6.83. The Balaban J connectivity index is 2.21. The van der Waals surface area contributed by atoms with Gasteiger partial charge < -0.3 is 9.47 Å². The van der Waals surface area contributed by atoms with E-state index in [1.807, 2.05) is 38.4 Å². The van der Waals surface area contributed by atoms with Crippen molar-refractivity contribution in [1.29, 1.82) is 0 Å². The van der Waals surface area contributed by atoms with Gasteiger partial charge >= 0.3 is 5.97 Å². The van der Waals surface area contributed by atoms with Crippen LogP contribution in [0.3, 0.4) is 0 Å². The van der Waals surface area contributed by atoms with Crippen molar-refractivity contribution < 1.29 is 14.3 Å². The molecule has 0 spiro atoms. The van der Waals surface area contributed by atoms with Crippen LogP contribution in [-0.4, -0.2) is 24.7 Å². The zero-order valence-corrected chi connectivity index (χ0v) is 20.7. The Morgan fingerprint density at radius 3 is 2.69 bits per heavy atom. The number of aromatic nitrogens is 1. The van der Waals surface area contributed by atoms with Crippen molar-refractivity contribution in [3.8, 4) is 12.3 Å². The first-order valence-electron chi connectivity index (χ1n) is 10.8. The van der Waals surface area contributed by atoms with E-state index >= 15 is 0 Å². The van der Waals surface area contributed by atoms with Crippen LogP contribution >= 0.6 is 11.9 Å². The van der Waals surface area contributed by atoms with Gasteiger partial charge in [-0.25, -0.2) is 0 Å². The van der Waals surface area contributed by atoms with Crippen LogP contribution in [-0.2, 0) is 27.2 Å². The molecule has 0 saturated heterocycles. The second kappa shape index (κ2) is 12.1. The summed E-state index contributed by atoms with van der Waals surface area (Å²) in [6.45, 7) is 10.9. The van der Waals surface area contributed by atoms with Crippen LogP contribution in [0.4, 0.5) is 0 Å². The zero-order valence-electron chi connectivity index (χ0n) is 19.9. The van der Waals surface area contributed by atoms with Crippen molar-refractivity contribution >= 4 is 17.9 Å². The third-order valence-corrected chi connectivity index (χ3v) is 6.20. The second-order valence-corrected chi connectivity index (χ2v) is 9.73. The Morgan fingerprint density at radius 1 is 1.28 bits per heavy atom. The third-order valence-electron chi connectivity index (χ3n) is 5.32. The molecule has 0 fully saturated rings. The first-order valence-corrected chi connectivity index (χ1v) is 11.6. The minimum absolute atomic E-state index is 0.113. The largest absolute Gasteiger partial charge is 0.469 e. The van der Waals surface area contributed by atoms with Gasteiger partial charge in [0.15, 0.2) is 0 Å². The van der Waals surface area contributed by atoms with E-state index in [2.05, 4.69) is 48.5 Å². The summed E-state index contributed by atoms with van der Waals surface area (Å²) in [5, 5.41) is 0. The zero-order chi connectivity index (χ0) is 23.7. The number of benzene rings is 1. The molecule has 0 amide bonds. The van der Waals surface area contributed by atoms with Crippen LogP contribution in [0.5, 0.6) is 0 Å². The lowest BCUT2D eigenvalue weighted by Crippen LogP contribution is -2.34. The second-order valence-electron chi connectivity index (χ2n) is 8.80. The lowest BCUT2D eigenvalue weighted by atomic mass is 9.81. The van der Waals surface area contributed by atoms with Crippen molar-refractivity contribution in [3.63, 3.8) is 0 Å². The SMILES string of the molecule is C#CCO[C@@H](c1ccc(C)c(CNSc2cnccc2CC(C)C)c1)C(C)(C)C(=O)OC. The van der Waals surface area contributed by atoms with Gasteiger partial charge in [0.1, 0.15) is 6.61 Å². The van der Waals surface area contributed by atoms with Gasteiger partial charge in [-0.2, -0.15) is 0 Å². The first-order chi connectivity index (χ1) is 15.2. The molecular formula is C26H34N2O3S. The predicted octanol–water partition coefficient (Wildman–Crippen LogP) is 5.28. The highest BCUT2D eigenvalue weighted by Crippen LogP contribution is 2.38. The highest BCUT2D eigenvalue weighted by Gasteiger charge is 2.40. The molecular weight excluding hydrogens is 420 g/mol. The average molecular weight is 455 g/mol. The number of nitrogens with zero attached hydrogens (tertiary/aromatic N) is 1. The number of carbonyl (C=O) groups excluding carboxylic acids is 1. The number of aryl methyl sites for hydroxylation is 1. The molecule has 0 radical (unpaired) electrons. The molecule has 0 aliphatic carbocycles. The van der Waals surface area contributed by atoms with Crippen molar-refractivity contribution in [2.75, 3.05) is 13.7 Å². The van der Waals surface area contributed by atoms with Gasteiger partial charge in [0.2, 0.25) is 0 Å². The number of esters is 1. The van der Waals surface area contributed by atoms with E-state index in [4.69, 9.17) is 15.9 Å². The van der Waals surface area contributed by atoms with Crippen LogP contribution in [0.25, 0.3) is 0 Å². The van der Waals surface area contributed by atoms with Crippen LogP contribution in [0, 0.1) is 30.6 Å². The molecule has 6 heteroatoms. The molecule has 1 aromatic heterocycles. The van der Waals surface area contributed by atoms with E-state index in [9.17, 15) is 4.79 Å². The lowest BCUT2D eigenvalue weighted by Gasteiger charge is -2.32. The summed E-state index contributed by atoms with van der Waals surface area (Å²) >= 11 is 1.59. The normalized spacial score (nSPS) is 12.4. The topological polar surface area (TPSA) is 60.5 Å². The maximum atomic E-state index is 12.4. The van der Waals surface area contributed by atoms with Gasteiger partial charge in [-0.1, -0.05) is 38.0 Å². The molecule has 0 aliphatic heterocycles. The summed E-state index contributed by atoms with van der Waals surface area (Å²) in [5.41, 5.74) is 3.58. The summed E-state index contributed by atoms with van der Waals surface area (Å²) in [6, 6.07) is 8.19. The average Bonchev–Trinajstić information content (AvgIpc) is 2.75. The Hall–Kier alpha value is -2.33. The van der Waals surface area contributed by atoms with Crippen LogP contribution in [0.1, 0.15) is 56.1 Å². The molecule has 172 valence electrons. The minimum atomic E-state index is -0.887. The molecule has 1 aromatic carbocycles. The Bertz CT molecular complexity index is 950. The molecule has 32 heavy (non-hydrogen) atoms. The molecule has 0 unspecified atom stereocenters. The predicted molar refractivity (Wildman–Crippen MR) is 130 cm³/mol. The molecule has 0 aliphatic rings. The smallest absolute Gasteiger partial charge is 0.314 e. The van der Waals surface area contributed by atoms with Gasteiger partial charge in [0.25, 0.3) is 0 Å². The highest BCUT2D eigenvalue weighted by atomic mass is 32.2. The molecule has 2 rings (SSSR count). The van der Waals surface area contributed by atoms with Crippen LogP contribution in [0.15, 0.2) is 41.6 Å². The van der Waals surface area contributed by atoms with Crippen molar-refractivity contribution in [2.24, 2.45) is 11.3 Å². The number of terminal acetylenes is 1. The van der Waals surface area contributed by atoms with E-state index < -0.39 is 11.5 Å². The van der Waals surface area contributed by atoms with Crippen molar-refractivity contribution in [3.05, 3.63) is 58.9 Å². The van der Waals surface area contributed by atoms with Gasteiger partial charge in [-0.05, 0) is 73.4 Å². The van der Waals surface area contributed by atoms with Crippen LogP contribution in [0.2, 0.25) is 0 Å². The number of ether oxygens (including phenoxy) is 2. The number of methoxy groups -OCH3 is 1. The molecule has 0 saturated carbocycles. The van der Waals surface area contributed by atoms with Crippen molar-refractivity contribution in [1.82, 2.24) is 9.71 Å².